The Bertz CT molecular complexity index is 653. The zero-order valence-corrected chi connectivity index (χ0v) is 13.8. The highest BCUT2D eigenvalue weighted by Gasteiger charge is 2.13. The summed E-state index contributed by atoms with van der Waals surface area (Å²) in [6.07, 6.45) is 0. The van der Waals surface area contributed by atoms with Crippen molar-refractivity contribution in [2.24, 2.45) is 0 Å². The van der Waals surface area contributed by atoms with Crippen LogP contribution in [0.25, 0.3) is 0 Å². The first-order valence-corrected chi connectivity index (χ1v) is 7.55. The van der Waals surface area contributed by atoms with Crippen LogP contribution in [0.1, 0.15) is 36.5 Å². The molecule has 0 aromatic heterocycles. The summed E-state index contributed by atoms with van der Waals surface area (Å²) >= 11 is 3.05. The van der Waals surface area contributed by atoms with E-state index >= 15 is 0 Å². The number of halogens is 3. The van der Waals surface area contributed by atoms with E-state index in [-0.39, 0.29) is 16.6 Å². The Labute approximate surface area is 132 Å². The number of benzene rings is 2. The quantitative estimate of drug-likeness (QED) is 0.636. The molecule has 21 heavy (non-hydrogen) atoms. The van der Waals surface area contributed by atoms with Crippen LogP contribution in [0.4, 0.5) is 8.78 Å². The molecule has 0 N–H and O–H groups in total. The molecule has 0 amide bonds. The lowest BCUT2D eigenvalue weighted by Gasteiger charge is -2.13. The van der Waals surface area contributed by atoms with E-state index in [0.717, 1.165) is 5.56 Å². The van der Waals surface area contributed by atoms with Gasteiger partial charge in [0.05, 0.1) is 10.0 Å². The highest BCUT2D eigenvalue weighted by atomic mass is 79.9. The molecule has 0 aliphatic heterocycles. The third kappa shape index (κ3) is 3.62. The van der Waals surface area contributed by atoms with Gasteiger partial charge in [0.1, 0.15) is 24.0 Å². The first kappa shape index (κ1) is 16.0. The lowest BCUT2D eigenvalue weighted by molar-refractivity contribution is 0.292. The predicted octanol–water partition coefficient (Wildman–Crippen LogP) is 5.74. The van der Waals surface area contributed by atoms with Gasteiger partial charge in [-0.1, -0.05) is 19.9 Å². The van der Waals surface area contributed by atoms with Crippen LogP contribution in [0.2, 0.25) is 0 Å². The van der Waals surface area contributed by atoms with Crippen molar-refractivity contribution in [2.45, 2.75) is 33.3 Å². The highest BCUT2D eigenvalue weighted by Crippen LogP contribution is 2.26. The van der Waals surface area contributed by atoms with Crippen molar-refractivity contribution in [3.63, 3.8) is 0 Å². The fourth-order valence-corrected chi connectivity index (χ4v) is 2.61. The van der Waals surface area contributed by atoms with Crippen LogP contribution in [-0.2, 0) is 6.61 Å². The van der Waals surface area contributed by atoms with Gasteiger partial charge in [0.2, 0.25) is 0 Å². The van der Waals surface area contributed by atoms with Crippen LogP contribution in [0, 0.1) is 18.6 Å². The topological polar surface area (TPSA) is 9.23 Å². The normalized spacial score (nSPS) is 11.0. The number of rotatable bonds is 4. The summed E-state index contributed by atoms with van der Waals surface area (Å²) in [5.41, 5.74) is 2.27. The van der Waals surface area contributed by atoms with E-state index in [9.17, 15) is 8.78 Å². The molecule has 2 aromatic carbocycles. The molecule has 1 nitrogen and oxygen atoms in total. The number of aryl methyl sites for hydroxylation is 1. The SMILES string of the molecule is Cc1cc(OCc2c(F)ccc(Br)c2F)ccc1C(C)C. The minimum Gasteiger partial charge on any atom is -0.489 e. The minimum atomic E-state index is -0.620. The molecule has 0 saturated carbocycles. The van der Waals surface area contributed by atoms with Crippen LogP contribution in [-0.4, -0.2) is 0 Å². The molecular formula is C17H17BrF2O. The molecule has 2 aromatic rings. The van der Waals surface area contributed by atoms with E-state index in [1.54, 1.807) is 0 Å². The summed E-state index contributed by atoms with van der Waals surface area (Å²) in [4.78, 5) is 0. The van der Waals surface area contributed by atoms with E-state index in [0.29, 0.717) is 11.7 Å². The largest absolute Gasteiger partial charge is 0.489 e. The Hall–Kier alpha value is -1.42. The van der Waals surface area contributed by atoms with E-state index in [1.165, 1.54) is 17.7 Å². The van der Waals surface area contributed by atoms with Gasteiger partial charge < -0.3 is 4.74 Å². The second kappa shape index (κ2) is 6.56. The molecule has 0 radical (unpaired) electrons. The minimum absolute atomic E-state index is 0.0741. The summed E-state index contributed by atoms with van der Waals surface area (Å²) in [6, 6.07) is 8.27. The standard InChI is InChI=1S/C17H17BrF2O/c1-10(2)13-5-4-12(8-11(13)3)21-9-14-16(19)7-6-15(18)17(14)20/h4-8,10H,9H2,1-3H3. The Morgan fingerprint density at radius 3 is 2.48 bits per heavy atom. The summed E-state index contributed by atoms with van der Waals surface area (Å²) < 4.78 is 33.2. The maximum Gasteiger partial charge on any atom is 0.146 e. The maximum atomic E-state index is 13.8. The van der Waals surface area contributed by atoms with Crippen LogP contribution in [0.5, 0.6) is 5.75 Å². The molecule has 0 fully saturated rings. The van der Waals surface area contributed by atoms with Crippen LogP contribution < -0.4 is 4.74 Å². The van der Waals surface area contributed by atoms with Gasteiger partial charge in [-0.2, -0.15) is 0 Å². The summed E-state index contributed by atoms with van der Waals surface area (Å²) in [7, 11) is 0. The van der Waals surface area contributed by atoms with Crippen molar-refractivity contribution in [1.82, 2.24) is 0 Å². The van der Waals surface area contributed by atoms with E-state index in [4.69, 9.17) is 4.74 Å². The highest BCUT2D eigenvalue weighted by molar-refractivity contribution is 9.10. The fraction of sp³-hybridized carbons (Fsp3) is 0.294. The molecule has 112 valence electrons. The second-order valence-corrected chi connectivity index (χ2v) is 6.14. The average Bonchev–Trinajstić information content (AvgIpc) is 2.43. The van der Waals surface area contributed by atoms with Gasteiger partial charge >= 0.3 is 0 Å². The monoisotopic (exact) mass is 354 g/mol. The summed E-state index contributed by atoms with van der Waals surface area (Å²) in [5, 5.41) is 0. The third-order valence-electron chi connectivity index (χ3n) is 3.39. The van der Waals surface area contributed by atoms with Crippen molar-refractivity contribution in [1.29, 1.82) is 0 Å². The van der Waals surface area contributed by atoms with Gasteiger partial charge in [0, 0.05) is 0 Å². The van der Waals surface area contributed by atoms with Crippen molar-refractivity contribution in [2.75, 3.05) is 0 Å². The van der Waals surface area contributed by atoms with E-state index in [2.05, 4.69) is 29.8 Å². The number of hydrogen-bond acceptors (Lipinski definition) is 1. The van der Waals surface area contributed by atoms with Crippen molar-refractivity contribution in [3.8, 4) is 5.75 Å². The molecular weight excluding hydrogens is 338 g/mol. The Balaban J connectivity index is 2.18. The average molecular weight is 355 g/mol. The number of hydrogen-bond donors (Lipinski definition) is 0. The zero-order valence-electron chi connectivity index (χ0n) is 12.2. The molecule has 0 atom stereocenters. The van der Waals surface area contributed by atoms with Gasteiger partial charge in [-0.25, -0.2) is 8.78 Å². The molecule has 2 rings (SSSR count). The van der Waals surface area contributed by atoms with E-state index < -0.39 is 11.6 Å². The van der Waals surface area contributed by atoms with Gasteiger partial charge in [-0.15, -0.1) is 0 Å². The predicted molar refractivity (Wildman–Crippen MR) is 83.7 cm³/mol. The van der Waals surface area contributed by atoms with Crippen molar-refractivity contribution >= 4 is 15.9 Å². The van der Waals surface area contributed by atoms with Crippen LogP contribution in [0.3, 0.4) is 0 Å². The van der Waals surface area contributed by atoms with Crippen LogP contribution in [0.15, 0.2) is 34.8 Å². The molecule has 0 aliphatic rings. The van der Waals surface area contributed by atoms with Gasteiger partial charge in [0.15, 0.2) is 0 Å². The molecule has 0 unspecified atom stereocenters. The molecule has 0 aliphatic carbocycles. The second-order valence-electron chi connectivity index (χ2n) is 5.28. The first-order chi connectivity index (χ1) is 9.90. The molecule has 0 bridgehead atoms. The third-order valence-corrected chi connectivity index (χ3v) is 4.00. The summed E-state index contributed by atoms with van der Waals surface area (Å²) in [6.45, 7) is 6.10. The smallest absolute Gasteiger partial charge is 0.146 e. The molecule has 0 saturated heterocycles. The zero-order chi connectivity index (χ0) is 15.6. The maximum absolute atomic E-state index is 13.8. The molecule has 4 heteroatoms. The lowest BCUT2D eigenvalue weighted by atomic mass is 9.98. The fourth-order valence-electron chi connectivity index (χ4n) is 2.24. The van der Waals surface area contributed by atoms with Gasteiger partial charge in [0.25, 0.3) is 0 Å². The van der Waals surface area contributed by atoms with Gasteiger partial charge in [-0.3, -0.25) is 0 Å². The summed E-state index contributed by atoms with van der Waals surface area (Å²) in [5.74, 6) is -0.188. The Morgan fingerprint density at radius 1 is 1.14 bits per heavy atom. The Kier molecular flexibility index (Phi) is 4.99. The molecule has 0 heterocycles. The van der Waals surface area contributed by atoms with Gasteiger partial charge in [-0.05, 0) is 64.2 Å². The van der Waals surface area contributed by atoms with Crippen molar-refractivity contribution in [3.05, 3.63) is 63.1 Å². The van der Waals surface area contributed by atoms with Crippen LogP contribution >= 0.6 is 15.9 Å². The lowest BCUT2D eigenvalue weighted by Crippen LogP contribution is -2.03. The number of ether oxygens (including phenoxy) is 1. The Morgan fingerprint density at radius 2 is 1.86 bits per heavy atom. The first-order valence-electron chi connectivity index (χ1n) is 6.76. The molecule has 0 spiro atoms. The van der Waals surface area contributed by atoms with E-state index in [1.807, 2.05) is 25.1 Å². The van der Waals surface area contributed by atoms with Crippen molar-refractivity contribution < 1.29 is 13.5 Å².